The number of rotatable bonds is 5. The molecule has 0 bridgehead atoms. The van der Waals surface area contributed by atoms with E-state index in [9.17, 15) is 4.79 Å². The van der Waals surface area contributed by atoms with E-state index in [2.05, 4.69) is 11.4 Å². The second-order valence-electron chi connectivity index (χ2n) is 4.18. The molecule has 0 spiro atoms. The van der Waals surface area contributed by atoms with Crippen molar-refractivity contribution in [3.05, 3.63) is 58.3 Å². The van der Waals surface area contributed by atoms with Gasteiger partial charge < -0.3 is 0 Å². The lowest BCUT2D eigenvalue weighted by molar-refractivity contribution is -0.120. The van der Waals surface area contributed by atoms with E-state index in [1.807, 2.05) is 43.3 Å². The smallest absolute Gasteiger partial charge is 0.140 e. The summed E-state index contributed by atoms with van der Waals surface area (Å²) in [6.07, 6.45) is 1.50. The molecule has 1 unspecified atom stereocenters. The fourth-order valence-electron chi connectivity index (χ4n) is 1.85. The van der Waals surface area contributed by atoms with Gasteiger partial charge in [0.15, 0.2) is 0 Å². The van der Waals surface area contributed by atoms with Gasteiger partial charge in [-0.05, 0) is 23.4 Å². The molecule has 1 aromatic carbocycles. The van der Waals surface area contributed by atoms with E-state index in [1.54, 1.807) is 11.3 Å². The van der Waals surface area contributed by atoms with Gasteiger partial charge in [-0.25, -0.2) is 0 Å². The monoisotopic (exact) mass is 244 g/mol. The standard InChI is InChI=1S/C15H16OS/c1-12(13-6-3-2-4-7-13)15(16)10-9-14-8-5-11-17-14/h2-8,11-12H,9-10H2,1H3. The molecule has 0 radical (unpaired) electrons. The molecule has 17 heavy (non-hydrogen) atoms. The van der Waals surface area contributed by atoms with E-state index in [-0.39, 0.29) is 5.92 Å². The molecule has 0 aliphatic carbocycles. The van der Waals surface area contributed by atoms with Crippen molar-refractivity contribution >= 4 is 17.1 Å². The molecule has 2 aromatic rings. The molecular weight excluding hydrogens is 228 g/mol. The van der Waals surface area contributed by atoms with Crippen molar-refractivity contribution in [1.82, 2.24) is 0 Å². The minimum absolute atomic E-state index is 0.0103. The Balaban J connectivity index is 1.92. The van der Waals surface area contributed by atoms with Crippen molar-refractivity contribution in [2.75, 3.05) is 0 Å². The molecule has 1 aromatic heterocycles. The van der Waals surface area contributed by atoms with Crippen LogP contribution in [0.4, 0.5) is 0 Å². The lowest BCUT2D eigenvalue weighted by Crippen LogP contribution is -2.09. The SMILES string of the molecule is CC(C(=O)CCc1cccs1)c1ccccc1. The quantitative estimate of drug-likeness (QED) is 0.775. The fraction of sp³-hybridized carbons (Fsp3) is 0.267. The zero-order valence-electron chi connectivity index (χ0n) is 9.93. The first-order valence-electron chi connectivity index (χ1n) is 5.87. The van der Waals surface area contributed by atoms with Gasteiger partial charge in [0.25, 0.3) is 0 Å². The van der Waals surface area contributed by atoms with E-state index in [4.69, 9.17) is 0 Å². The van der Waals surface area contributed by atoms with Crippen LogP contribution in [0.5, 0.6) is 0 Å². The Morgan fingerprint density at radius 3 is 2.59 bits per heavy atom. The first-order valence-corrected chi connectivity index (χ1v) is 6.75. The van der Waals surface area contributed by atoms with Gasteiger partial charge >= 0.3 is 0 Å². The third kappa shape index (κ3) is 3.27. The Labute approximate surface area is 106 Å². The second-order valence-corrected chi connectivity index (χ2v) is 5.21. The topological polar surface area (TPSA) is 17.1 Å². The molecule has 1 nitrogen and oxygen atoms in total. The summed E-state index contributed by atoms with van der Waals surface area (Å²) in [5, 5.41) is 2.06. The molecule has 88 valence electrons. The normalized spacial score (nSPS) is 12.3. The minimum Gasteiger partial charge on any atom is -0.299 e. The van der Waals surface area contributed by atoms with Gasteiger partial charge in [-0.2, -0.15) is 0 Å². The van der Waals surface area contributed by atoms with Gasteiger partial charge in [0.1, 0.15) is 5.78 Å². The van der Waals surface area contributed by atoms with Crippen LogP contribution in [0, 0.1) is 0 Å². The first-order chi connectivity index (χ1) is 8.27. The number of carbonyl (C=O) groups excluding carboxylic acids is 1. The zero-order valence-corrected chi connectivity index (χ0v) is 10.7. The maximum absolute atomic E-state index is 12.0. The summed E-state index contributed by atoms with van der Waals surface area (Å²) in [5.74, 6) is 0.334. The van der Waals surface area contributed by atoms with Crippen LogP contribution < -0.4 is 0 Å². The number of aryl methyl sites for hydroxylation is 1. The van der Waals surface area contributed by atoms with Crippen molar-refractivity contribution in [3.63, 3.8) is 0 Å². The van der Waals surface area contributed by atoms with E-state index in [1.165, 1.54) is 4.88 Å². The highest BCUT2D eigenvalue weighted by Crippen LogP contribution is 2.19. The Bertz CT molecular complexity index is 459. The van der Waals surface area contributed by atoms with Gasteiger partial charge in [-0.15, -0.1) is 11.3 Å². The predicted octanol–water partition coefficient (Wildman–Crippen LogP) is 4.05. The molecule has 0 aliphatic heterocycles. The Hall–Kier alpha value is -1.41. The van der Waals surface area contributed by atoms with Crippen LogP contribution in [0.25, 0.3) is 0 Å². The summed E-state index contributed by atoms with van der Waals surface area (Å²) in [6, 6.07) is 14.1. The van der Waals surface area contributed by atoms with E-state index < -0.39 is 0 Å². The Morgan fingerprint density at radius 2 is 1.94 bits per heavy atom. The fourth-order valence-corrected chi connectivity index (χ4v) is 2.55. The third-order valence-electron chi connectivity index (χ3n) is 2.98. The molecule has 2 heteroatoms. The predicted molar refractivity (Wildman–Crippen MR) is 72.5 cm³/mol. The highest BCUT2D eigenvalue weighted by molar-refractivity contribution is 7.09. The van der Waals surface area contributed by atoms with Crippen LogP contribution >= 0.6 is 11.3 Å². The molecule has 0 saturated carbocycles. The number of benzene rings is 1. The van der Waals surface area contributed by atoms with Gasteiger partial charge in [0.05, 0.1) is 0 Å². The molecule has 2 rings (SSSR count). The molecule has 0 fully saturated rings. The molecule has 0 saturated heterocycles. The van der Waals surface area contributed by atoms with E-state index in [0.717, 1.165) is 12.0 Å². The number of hydrogen-bond donors (Lipinski definition) is 0. The summed E-state index contributed by atoms with van der Waals surface area (Å²) in [7, 11) is 0. The molecule has 1 heterocycles. The second kappa shape index (κ2) is 5.78. The van der Waals surface area contributed by atoms with Crippen LogP contribution in [0.2, 0.25) is 0 Å². The summed E-state index contributed by atoms with van der Waals surface area (Å²) in [5.41, 5.74) is 1.11. The van der Waals surface area contributed by atoms with Crippen molar-refractivity contribution in [2.24, 2.45) is 0 Å². The molecule has 0 N–H and O–H groups in total. The highest BCUT2D eigenvalue weighted by atomic mass is 32.1. The van der Waals surface area contributed by atoms with Gasteiger partial charge in [0.2, 0.25) is 0 Å². The van der Waals surface area contributed by atoms with Crippen molar-refractivity contribution in [1.29, 1.82) is 0 Å². The van der Waals surface area contributed by atoms with Crippen molar-refractivity contribution in [2.45, 2.75) is 25.7 Å². The Kier molecular flexibility index (Phi) is 4.10. The first kappa shape index (κ1) is 12.1. The van der Waals surface area contributed by atoms with Crippen LogP contribution in [0.1, 0.15) is 29.7 Å². The Morgan fingerprint density at radius 1 is 1.18 bits per heavy atom. The number of carbonyl (C=O) groups is 1. The van der Waals surface area contributed by atoms with Gasteiger partial charge in [-0.3, -0.25) is 4.79 Å². The molecular formula is C15H16OS. The molecule has 1 atom stereocenters. The van der Waals surface area contributed by atoms with Crippen LogP contribution in [0.15, 0.2) is 47.8 Å². The van der Waals surface area contributed by atoms with Crippen LogP contribution in [0.3, 0.4) is 0 Å². The number of thiophene rings is 1. The van der Waals surface area contributed by atoms with Crippen molar-refractivity contribution < 1.29 is 4.79 Å². The average Bonchev–Trinajstić information content (AvgIpc) is 2.89. The summed E-state index contributed by atoms with van der Waals surface area (Å²) in [6.45, 7) is 1.99. The molecule has 0 amide bonds. The summed E-state index contributed by atoms with van der Waals surface area (Å²) >= 11 is 1.72. The number of hydrogen-bond acceptors (Lipinski definition) is 2. The minimum atomic E-state index is 0.0103. The zero-order chi connectivity index (χ0) is 12.1. The lowest BCUT2D eigenvalue weighted by atomic mass is 9.94. The maximum atomic E-state index is 12.0. The maximum Gasteiger partial charge on any atom is 0.140 e. The van der Waals surface area contributed by atoms with E-state index in [0.29, 0.717) is 12.2 Å². The lowest BCUT2D eigenvalue weighted by Gasteiger charge is -2.10. The summed E-state index contributed by atoms with van der Waals surface area (Å²) < 4.78 is 0. The molecule has 0 aliphatic rings. The average molecular weight is 244 g/mol. The van der Waals surface area contributed by atoms with Crippen LogP contribution in [-0.4, -0.2) is 5.78 Å². The van der Waals surface area contributed by atoms with Crippen molar-refractivity contribution in [3.8, 4) is 0 Å². The van der Waals surface area contributed by atoms with Gasteiger partial charge in [-0.1, -0.05) is 43.3 Å². The highest BCUT2D eigenvalue weighted by Gasteiger charge is 2.14. The third-order valence-corrected chi connectivity index (χ3v) is 3.92. The van der Waals surface area contributed by atoms with E-state index >= 15 is 0 Å². The number of Topliss-reactive ketones (excluding diaryl/α,β-unsaturated/α-hetero) is 1. The number of ketones is 1. The largest absolute Gasteiger partial charge is 0.299 e. The van der Waals surface area contributed by atoms with Gasteiger partial charge in [0, 0.05) is 17.2 Å². The van der Waals surface area contributed by atoms with Crippen LogP contribution in [-0.2, 0) is 11.2 Å². The summed E-state index contributed by atoms with van der Waals surface area (Å²) in [4.78, 5) is 13.3.